The topological polar surface area (TPSA) is 80.2 Å². The molecule has 0 fully saturated rings. The average molecular weight is 365 g/mol. The highest BCUT2D eigenvalue weighted by atomic mass is 16.5. The number of anilines is 1. The molecule has 0 saturated heterocycles. The summed E-state index contributed by atoms with van der Waals surface area (Å²) in [4.78, 5) is 25.3. The van der Waals surface area contributed by atoms with Gasteiger partial charge in [-0.25, -0.2) is 5.01 Å². The van der Waals surface area contributed by atoms with Gasteiger partial charge in [0.15, 0.2) is 17.0 Å². The van der Waals surface area contributed by atoms with Crippen molar-refractivity contribution in [2.75, 3.05) is 19.5 Å². The van der Waals surface area contributed by atoms with E-state index >= 15 is 0 Å². The summed E-state index contributed by atoms with van der Waals surface area (Å²) in [5.41, 5.74) is 1.71. The minimum absolute atomic E-state index is 0.252. The van der Waals surface area contributed by atoms with E-state index < -0.39 is 5.54 Å². The number of para-hydroxylation sites is 1. The van der Waals surface area contributed by atoms with Gasteiger partial charge >= 0.3 is 0 Å². The molecule has 0 aliphatic carbocycles. The molecular formula is C20H19N3O4. The molecule has 2 aromatic carbocycles. The van der Waals surface area contributed by atoms with Gasteiger partial charge in [-0.2, -0.15) is 5.10 Å². The van der Waals surface area contributed by atoms with Crippen LogP contribution in [0, 0.1) is 0 Å². The molecule has 0 saturated carbocycles. The zero-order chi connectivity index (χ0) is 19.2. The van der Waals surface area contributed by atoms with E-state index in [9.17, 15) is 9.59 Å². The fourth-order valence-electron chi connectivity index (χ4n) is 3.76. The van der Waals surface area contributed by atoms with Crippen LogP contribution in [0.2, 0.25) is 0 Å². The van der Waals surface area contributed by atoms with Crippen LogP contribution in [0.1, 0.15) is 24.5 Å². The number of hydrogen-bond donors (Lipinski definition) is 1. The number of hydrazone groups is 1. The zero-order valence-electron chi connectivity index (χ0n) is 15.3. The number of nitrogens with one attached hydrogen (secondary N) is 1. The van der Waals surface area contributed by atoms with E-state index in [-0.39, 0.29) is 18.2 Å². The van der Waals surface area contributed by atoms with Gasteiger partial charge in [-0.3, -0.25) is 9.59 Å². The first-order valence-electron chi connectivity index (χ1n) is 8.53. The minimum Gasteiger partial charge on any atom is -0.493 e. The summed E-state index contributed by atoms with van der Waals surface area (Å²) in [5, 5.41) is 8.69. The SMILES string of the molecule is COc1ccc(C2=NN(C(C)=O)[C@@]3(C2)C(=O)Nc2ccccc23)cc1OC. The van der Waals surface area contributed by atoms with Crippen LogP contribution in [-0.2, 0) is 15.1 Å². The molecule has 2 heterocycles. The lowest BCUT2D eigenvalue weighted by Crippen LogP contribution is -2.47. The van der Waals surface area contributed by atoms with Crippen LogP contribution in [0.5, 0.6) is 11.5 Å². The van der Waals surface area contributed by atoms with Gasteiger partial charge in [-0.15, -0.1) is 0 Å². The number of fused-ring (bicyclic) bond motifs is 2. The number of benzene rings is 2. The number of hydrogen-bond acceptors (Lipinski definition) is 5. The highest BCUT2D eigenvalue weighted by molar-refractivity contribution is 6.15. The molecule has 0 unspecified atom stereocenters. The Morgan fingerprint density at radius 1 is 1.15 bits per heavy atom. The molecule has 1 spiro atoms. The smallest absolute Gasteiger partial charge is 0.257 e. The second-order valence-corrected chi connectivity index (χ2v) is 6.48. The van der Waals surface area contributed by atoms with Crippen molar-refractivity contribution in [2.24, 2.45) is 5.10 Å². The maximum absolute atomic E-state index is 12.9. The van der Waals surface area contributed by atoms with Crippen molar-refractivity contribution in [1.82, 2.24) is 5.01 Å². The van der Waals surface area contributed by atoms with E-state index in [4.69, 9.17) is 9.47 Å². The molecule has 2 aliphatic heterocycles. The zero-order valence-corrected chi connectivity index (χ0v) is 15.3. The van der Waals surface area contributed by atoms with E-state index in [1.165, 1.54) is 11.9 Å². The molecule has 4 rings (SSSR count). The van der Waals surface area contributed by atoms with E-state index in [0.29, 0.717) is 22.9 Å². The Morgan fingerprint density at radius 2 is 1.89 bits per heavy atom. The van der Waals surface area contributed by atoms with Crippen LogP contribution in [-0.4, -0.2) is 36.8 Å². The van der Waals surface area contributed by atoms with Gasteiger partial charge in [0, 0.05) is 30.2 Å². The Hall–Kier alpha value is -3.35. The summed E-state index contributed by atoms with van der Waals surface area (Å²) >= 11 is 0. The maximum Gasteiger partial charge on any atom is 0.257 e. The molecule has 1 atom stereocenters. The van der Waals surface area contributed by atoms with Crippen molar-refractivity contribution >= 4 is 23.2 Å². The summed E-state index contributed by atoms with van der Waals surface area (Å²) in [6.45, 7) is 1.41. The second kappa shape index (κ2) is 6.12. The number of methoxy groups -OCH3 is 2. The van der Waals surface area contributed by atoms with Gasteiger partial charge < -0.3 is 14.8 Å². The lowest BCUT2D eigenvalue weighted by Gasteiger charge is -2.29. The van der Waals surface area contributed by atoms with Gasteiger partial charge in [0.2, 0.25) is 5.91 Å². The molecule has 7 nitrogen and oxygen atoms in total. The van der Waals surface area contributed by atoms with Gasteiger partial charge in [0.05, 0.1) is 19.9 Å². The Morgan fingerprint density at radius 3 is 2.59 bits per heavy atom. The summed E-state index contributed by atoms with van der Waals surface area (Å²) < 4.78 is 10.6. The van der Waals surface area contributed by atoms with Gasteiger partial charge in [0.1, 0.15) is 0 Å². The van der Waals surface area contributed by atoms with Gasteiger partial charge in [-0.05, 0) is 24.3 Å². The van der Waals surface area contributed by atoms with Crippen molar-refractivity contribution in [1.29, 1.82) is 0 Å². The van der Waals surface area contributed by atoms with Crippen molar-refractivity contribution in [3.05, 3.63) is 53.6 Å². The predicted molar refractivity (Wildman–Crippen MR) is 100.0 cm³/mol. The molecule has 2 aliphatic rings. The number of carbonyl (C=O) groups is 2. The number of carbonyl (C=O) groups excluding carboxylic acids is 2. The fourth-order valence-corrected chi connectivity index (χ4v) is 3.76. The van der Waals surface area contributed by atoms with Crippen molar-refractivity contribution in [3.63, 3.8) is 0 Å². The van der Waals surface area contributed by atoms with Crippen LogP contribution in [0.4, 0.5) is 5.69 Å². The summed E-state index contributed by atoms with van der Waals surface area (Å²) in [5.74, 6) is 0.613. The number of rotatable bonds is 3. The number of amides is 2. The average Bonchev–Trinajstić information content (AvgIpc) is 3.21. The van der Waals surface area contributed by atoms with Gasteiger partial charge in [-0.1, -0.05) is 18.2 Å². The van der Waals surface area contributed by atoms with E-state index in [0.717, 1.165) is 11.1 Å². The molecule has 27 heavy (non-hydrogen) atoms. The lowest BCUT2D eigenvalue weighted by atomic mass is 9.85. The van der Waals surface area contributed by atoms with E-state index in [1.807, 2.05) is 30.3 Å². The minimum atomic E-state index is -1.16. The summed E-state index contributed by atoms with van der Waals surface area (Å²) in [7, 11) is 3.12. The predicted octanol–water partition coefficient (Wildman–Crippen LogP) is 2.51. The Kier molecular flexibility index (Phi) is 3.87. The first kappa shape index (κ1) is 17.1. The second-order valence-electron chi connectivity index (χ2n) is 6.48. The van der Waals surface area contributed by atoms with E-state index in [2.05, 4.69) is 10.4 Å². The maximum atomic E-state index is 12.9. The molecular weight excluding hydrogens is 346 g/mol. The third kappa shape index (κ3) is 2.38. The monoisotopic (exact) mass is 365 g/mol. The Labute approximate surface area is 156 Å². The third-order valence-electron chi connectivity index (χ3n) is 5.02. The van der Waals surface area contributed by atoms with Crippen LogP contribution in [0.25, 0.3) is 0 Å². The number of nitrogens with zero attached hydrogens (tertiary/aromatic N) is 2. The first-order chi connectivity index (χ1) is 13.0. The molecule has 138 valence electrons. The van der Waals surface area contributed by atoms with Crippen molar-refractivity contribution < 1.29 is 19.1 Å². The molecule has 2 aromatic rings. The van der Waals surface area contributed by atoms with Crippen LogP contribution in [0.3, 0.4) is 0 Å². The quantitative estimate of drug-likeness (QED) is 0.906. The van der Waals surface area contributed by atoms with Crippen LogP contribution in [0.15, 0.2) is 47.6 Å². The van der Waals surface area contributed by atoms with Crippen molar-refractivity contribution in [3.8, 4) is 11.5 Å². The molecule has 7 heteroatoms. The lowest BCUT2D eigenvalue weighted by molar-refractivity contribution is -0.142. The first-order valence-corrected chi connectivity index (χ1v) is 8.53. The molecule has 0 radical (unpaired) electrons. The number of ether oxygens (including phenoxy) is 2. The van der Waals surface area contributed by atoms with Crippen molar-refractivity contribution in [2.45, 2.75) is 18.9 Å². The summed E-state index contributed by atoms with van der Waals surface area (Å²) in [6.07, 6.45) is 0.283. The summed E-state index contributed by atoms with van der Waals surface area (Å²) in [6, 6.07) is 12.8. The van der Waals surface area contributed by atoms with Crippen LogP contribution >= 0.6 is 0 Å². The molecule has 0 bridgehead atoms. The fraction of sp³-hybridized carbons (Fsp3) is 0.250. The molecule has 2 amide bonds. The van der Waals surface area contributed by atoms with E-state index in [1.54, 1.807) is 26.4 Å². The molecule has 0 aromatic heterocycles. The Balaban J connectivity index is 1.82. The Bertz CT molecular complexity index is 985. The highest BCUT2D eigenvalue weighted by Gasteiger charge is 2.56. The third-order valence-corrected chi connectivity index (χ3v) is 5.02. The normalized spacial score (nSPS) is 20.3. The van der Waals surface area contributed by atoms with Crippen LogP contribution < -0.4 is 14.8 Å². The van der Waals surface area contributed by atoms with Gasteiger partial charge in [0.25, 0.3) is 5.91 Å². The largest absolute Gasteiger partial charge is 0.493 e. The molecule has 1 N–H and O–H groups in total. The highest BCUT2D eigenvalue weighted by Crippen LogP contribution is 2.47. The standard InChI is InChI=1S/C20H19N3O4/c1-12(24)23-20(14-6-4-5-7-15(14)21-19(20)25)11-16(22-23)13-8-9-17(26-2)18(10-13)27-3/h4-10H,11H2,1-3H3,(H,21,25)/t20-/m1/s1.